The van der Waals surface area contributed by atoms with Crippen molar-refractivity contribution in [1.29, 1.82) is 0 Å². The first-order valence-corrected chi connectivity index (χ1v) is 9.38. The van der Waals surface area contributed by atoms with Crippen LogP contribution in [0.3, 0.4) is 0 Å². The number of rotatable bonds is 4. The summed E-state index contributed by atoms with van der Waals surface area (Å²) < 4.78 is 11.8. The molecule has 0 aromatic heterocycles. The highest BCUT2D eigenvalue weighted by molar-refractivity contribution is 14.0. The van der Waals surface area contributed by atoms with Gasteiger partial charge in [0.1, 0.15) is 17.1 Å². The molecule has 2 aromatic rings. The summed E-state index contributed by atoms with van der Waals surface area (Å²) in [5, 5.41) is 3.33. The Morgan fingerprint density at radius 1 is 1.25 bits per heavy atom. The van der Waals surface area contributed by atoms with E-state index in [4.69, 9.17) is 15.2 Å². The third-order valence-electron chi connectivity index (χ3n) is 4.34. The van der Waals surface area contributed by atoms with E-state index in [-0.39, 0.29) is 35.6 Å². The van der Waals surface area contributed by atoms with Crippen LogP contribution in [-0.4, -0.2) is 18.2 Å². The largest absolute Gasteiger partial charge is 0.493 e. The molecule has 0 aliphatic carbocycles. The number of aliphatic imine (C=N–C) groups is 1. The van der Waals surface area contributed by atoms with E-state index in [0.717, 1.165) is 34.6 Å². The highest BCUT2D eigenvalue weighted by Gasteiger charge is 2.21. The molecule has 5 nitrogen and oxygen atoms in total. The second kappa shape index (κ2) is 9.49. The van der Waals surface area contributed by atoms with Crippen LogP contribution in [0.1, 0.15) is 49.9 Å². The van der Waals surface area contributed by atoms with Crippen LogP contribution in [0, 0.1) is 6.92 Å². The number of benzene rings is 2. The smallest absolute Gasteiger partial charge is 0.189 e. The predicted octanol–water partition coefficient (Wildman–Crippen LogP) is 4.72. The van der Waals surface area contributed by atoms with E-state index >= 15 is 0 Å². The van der Waals surface area contributed by atoms with Crippen molar-refractivity contribution >= 4 is 29.9 Å². The highest BCUT2D eigenvalue weighted by Crippen LogP contribution is 2.31. The summed E-state index contributed by atoms with van der Waals surface area (Å²) in [5.41, 5.74) is 9.21. The van der Waals surface area contributed by atoms with Crippen LogP contribution >= 0.6 is 24.0 Å². The number of hydrogen-bond donors (Lipinski definition) is 2. The number of hydrogen-bond acceptors (Lipinski definition) is 3. The zero-order chi connectivity index (χ0) is 19.4. The van der Waals surface area contributed by atoms with Crippen molar-refractivity contribution in [2.24, 2.45) is 10.7 Å². The molecular weight excluding hydrogens is 465 g/mol. The summed E-state index contributed by atoms with van der Waals surface area (Å²) >= 11 is 0. The van der Waals surface area contributed by atoms with Crippen LogP contribution in [0.25, 0.3) is 0 Å². The molecule has 1 atom stereocenters. The molecule has 0 amide bonds. The molecule has 1 unspecified atom stereocenters. The number of aryl methyl sites for hydroxylation is 1. The van der Waals surface area contributed by atoms with Gasteiger partial charge in [0, 0.05) is 17.5 Å². The number of guanidine groups is 1. The Labute approximate surface area is 184 Å². The Balaban J connectivity index is 0.00000280. The number of fused-ring (bicyclic) bond motifs is 1. The second-order valence-electron chi connectivity index (χ2n) is 7.90. The van der Waals surface area contributed by atoms with E-state index in [9.17, 15) is 0 Å². The maximum absolute atomic E-state index is 6.17. The van der Waals surface area contributed by atoms with Gasteiger partial charge in [-0.25, -0.2) is 4.99 Å². The summed E-state index contributed by atoms with van der Waals surface area (Å²) in [6.07, 6.45) is 0.857. The average Bonchev–Trinajstić information content (AvgIpc) is 2.60. The van der Waals surface area contributed by atoms with E-state index in [1.165, 1.54) is 0 Å². The lowest BCUT2D eigenvalue weighted by Gasteiger charge is -2.27. The zero-order valence-electron chi connectivity index (χ0n) is 17.0. The van der Waals surface area contributed by atoms with Gasteiger partial charge >= 0.3 is 0 Å². The van der Waals surface area contributed by atoms with E-state index in [0.29, 0.717) is 19.1 Å². The maximum Gasteiger partial charge on any atom is 0.189 e. The molecule has 152 valence electrons. The molecule has 1 aliphatic rings. The molecule has 0 saturated carbocycles. The quantitative estimate of drug-likeness (QED) is 0.366. The normalized spacial score (nSPS) is 16.4. The molecule has 1 heterocycles. The van der Waals surface area contributed by atoms with E-state index in [1.54, 1.807) is 0 Å². The summed E-state index contributed by atoms with van der Waals surface area (Å²) in [4.78, 5) is 4.54. The molecule has 3 N–H and O–H groups in total. The van der Waals surface area contributed by atoms with Crippen LogP contribution in [0.4, 0.5) is 0 Å². The first kappa shape index (κ1) is 22.3. The fraction of sp³-hybridized carbons (Fsp3) is 0.409. The topological polar surface area (TPSA) is 68.9 Å². The lowest BCUT2D eigenvalue weighted by molar-refractivity contribution is 0.129. The Morgan fingerprint density at radius 2 is 2.00 bits per heavy atom. The van der Waals surface area contributed by atoms with Crippen LogP contribution in [-0.2, 0) is 6.54 Å². The third kappa shape index (κ3) is 6.02. The second-order valence-corrected chi connectivity index (χ2v) is 7.90. The van der Waals surface area contributed by atoms with Gasteiger partial charge in [0.25, 0.3) is 0 Å². The van der Waals surface area contributed by atoms with Crippen molar-refractivity contribution in [3.05, 3.63) is 59.2 Å². The molecule has 2 aromatic carbocycles. The molecule has 0 fully saturated rings. The molecule has 28 heavy (non-hydrogen) atoms. The van der Waals surface area contributed by atoms with E-state index in [1.807, 2.05) is 39.0 Å². The lowest BCUT2D eigenvalue weighted by atomic mass is 10.0. The van der Waals surface area contributed by atoms with Crippen molar-refractivity contribution in [1.82, 2.24) is 5.32 Å². The van der Waals surface area contributed by atoms with Crippen molar-refractivity contribution < 1.29 is 9.47 Å². The Morgan fingerprint density at radius 3 is 2.75 bits per heavy atom. The van der Waals surface area contributed by atoms with E-state index in [2.05, 4.69) is 41.5 Å². The van der Waals surface area contributed by atoms with Crippen molar-refractivity contribution in [3.8, 4) is 11.5 Å². The van der Waals surface area contributed by atoms with Gasteiger partial charge in [-0.3, -0.25) is 0 Å². The van der Waals surface area contributed by atoms with Crippen LogP contribution in [0.15, 0.2) is 47.5 Å². The third-order valence-corrected chi connectivity index (χ3v) is 4.34. The molecule has 6 heteroatoms. The summed E-state index contributed by atoms with van der Waals surface area (Å²) in [7, 11) is 0. The van der Waals surface area contributed by atoms with Gasteiger partial charge < -0.3 is 20.5 Å². The van der Waals surface area contributed by atoms with Crippen LogP contribution in [0.2, 0.25) is 0 Å². The molecule has 1 aliphatic heterocycles. The van der Waals surface area contributed by atoms with E-state index < -0.39 is 0 Å². The summed E-state index contributed by atoms with van der Waals surface area (Å²) in [6.45, 7) is 9.32. The first-order chi connectivity index (χ1) is 12.8. The zero-order valence-corrected chi connectivity index (χ0v) is 19.3. The monoisotopic (exact) mass is 495 g/mol. The molecule has 0 bridgehead atoms. The van der Waals surface area contributed by atoms with Gasteiger partial charge in [-0.05, 0) is 45.4 Å². The number of nitrogens with two attached hydrogens (primary N) is 1. The first-order valence-electron chi connectivity index (χ1n) is 9.38. The lowest BCUT2D eigenvalue weighted by Crippen LogP contribution is -2.37. The fourth-order valence-corrected chi connectivity index (χ4v) is 3.10. The summed E-state index contributed by atoms with van der Waals surface area (Å²) in [6, 6.07) is 14.3. The number of nitrogens with zero attached hydrogens (tertiary/aromatic N) is 1. The molecule has 3 rings (SSSR count). The van der Waals surface area contributed by atoms with Crippen molar-refractivity contribution in [3.63, 3.8) is 0 Å². The van der Waals surface area contributed by atoms with Gasteiger partial charge in [-0.1, -0.05) is 30.3 Å². The number of halogens is 1. The van der Waals surface area contributed by atoms with Crippen LogP contribution < -0.4 is 20.5 Å². The number of nitrogens with one attached hydrogen (secondary N) is 1. The Hall–Kier alpha value is -1.96. The minimum atomic E-state index is -0.262. The Kier molecular flexibility index (Phi) is 7.57. The van der Waals surface area contributed by atoms with Crippen molar-refractivity contribution in [2.75, 3.05) is 6.61 Å². The molecule has 0 saturated heterocycles. The van der Waals surface area contributed by atoms with Gasteiger partial charge in [-0.2, -0.15) is 0 Å². The SMILES string of the molecule is Cc1ccc(CN=C(N)NC2CCOc3ccccc32)c(OC(C)(C)C)c1.I. The Bertz CT molecular complexity index is 831. The van der Waals surface area contributed by atoms with Gasteiger partial charge in [0.15, 0.2) is 5.96 Å². The van der Waals surface area contributed by atoms with Crippen molar-refractivity contribution in [2.45, 2.75) is 52.3 Å². The fourth-order valence-electron chi connectivity index (χ4n) is 3.10. The standard InChI is InChI=1S/C22H29N3O2.HI/c1-15-9-10-16(20(13-15)27-22(2,3)4)14-24-21(23)25-18-11-12-26-19-8-6-5-7-17(18)19;/h5-10,13,18H,11-12,14H2,1-4H3,(H3,23,24,25);1H. The van der Waals surface area contributed by atoms with Gasteiger partial charge in [0.05, 0.1) is 19.2 Å². The average molecular weight is 495 g/mol. The predicted molar refractivity (Wildman–Crippen MR) is 125 cm³/mol. The maximum atomic E-state index is 6.17. The number of para-hydroxylation sites is 1. The van der Waals surface area contributed by atoms with Gasteiger partial charge in [-0.15, -0.1) is 24.0 Å². The molecule has 0 spiro atoms. The minimum absolute atomic E-state index is 0. The highest BCUT2D eigenvalue weighted by atomic mass is 127. The van der Waals surface area contributed by atoms with Gasteiger partial charge in [0.2, 0.25) is 0 Å². The van der Waals surface area contributed by atoms with Crippen LogP contribution in [0.5, 0.6) is 11.5 Å². The molecular formula is C22H30IN3O2. The molecule has 0 radical (unpaired) electrons. The minimum Gasteiger partial charge on any atom is -0.493 e. The number of ether oxygens (including phenoxy) is 2. The summed E-state index contributed by atoms with van der Waals surface area (Å²) in [5.74, 6) is 2.20.